The van der Waals surface area contributed by atoms with Crippen molar-refractivity contribution in [2.75, 3.05) is 0 Å². The largest absolute Gasteiger partial charge is 0.476 e. The first-order valence-electron chi connectivity index (χ1n) is 4.98. The Balaban J connectivity index is 2.35. The molecule has 0 amide bonds. The van der Waals surface area contributed by atoms with Crippen LogP contribution < -0.4 is 4.74 Å². The number of hydrogen-bond acceptors (Lipinski definition) is 4. The van der Waals surface area contributed by atoms with Gasteiger partial charge < -0.3 is 9.84 Å². The summed E-state index contributed by atoms with van der Waals surface area (Å²) < 4.78 is 43.0. The van der Waals surface area contributed by atoms with Gasteiger partial charge in [0.15, 0.2) is 0 Å². The van der Waals surface area contributed by atoms with Gasteiger partial charge in [0.25, 0.3) is 5.88 Å². The molecule has 0 aliphatic carbocycles. The Labute approximate surface area is 117 Å². The first-order valence-corrected chi connectivity index (χ1v) is 5.77. The number of halogens is 4. The number of rotatable bonds is 3. The van der Waals surface area contributed by atoms with Crippen LogP contribution in [0.25, 0.3) is 0 Å². The summed E-state index contributed by atoms with van der Waals surface area (Å²) >= 11 is 2.78. The maximum Gasteiger partial charge on any atom is 0.417 e. The van der Waals surface area contributed by atoms with Gasteiger partial charge in [-0.1, -0.05) is 21.1 Å². The number of hydrogen-bond donors (Lipinski definition) is 2. The zero-order chi connectivity index (χ0) is 14.9. The number of carboxylic acids is 1. The van der Waals surface area contributed by atoms with Crippen molar-refractivity contribution < 1.29 is 27.8 Å². The molecule has 1 aromatic carbocycles. The topological polar surface area (TPSA) is 88.1 Å². The van der Waals surface area contributed by atoms with Crippen LogP contribution in [0.1, 0.15) is 16.1 Å². The van der Waals surface area contributed by atoms with Gasteiger partial charge in [-0.15, -0.1) is 5.10 Å². The van der Waals surface area contributed by atoms with E-state index in [9.17, 15) is 18.0 Å². The molecule has 2 aromatic rings. The van der Waals surface area contributed by atoms with Crippen molar-refractivity contribution in [1.82, 2.24) is 15.4 Å². The van der Waals surface area contributed by atoms with Gasteiger partial charge in [0.05, 0.1) is 5.56 Å². The number of benzene rings is 1. The summed E-state index contributed by atoms with van der Waals surface area (Å²) in [4.78, 5) is 10.8. The Kier molecular flexibility index (Phi) is 3.66. The van der Waals surface area contributed by atoms with Crippen LogP contribution in [-0.2, 0) is 6.18 Å². The van der Waals surface area contributed by atoms with Crippen LogP contribution in [0.2, 0.25) is 0 Å². The Morgan fingerprint density at radius 2 is 2.10 bits per heavy atom. The number of carboxylic acid groups (broad SMARTS) is 1. The van der Waals surface area contributed by atoms with E-state index in [0.717, 1.165) is 12.1 Å². The minimum Gasteiger partial charge on any atom is -0.476 e. The minimum atomic E-state index is -4.57. The average Bonchev–Trinajstić information content (AvgIpc) is 2.78. The number of aromatic carboxylic acids is 1. The number of carbonyl (C=O) groups is 1. The van der Waals surface area contributed by atoms with Crippen LogP contribution in [0.15, 0.2) is 22.7 Å². The molecule has 0 spiro atoms. The second-order valence-corrected chi connectivity index (χ2v) is 4.39. The van der Waals surface area contributed by atoms with Gasteiger partial charge >= 0.3 is 12.1 Å². The van der Waals surface area contributed by atoms with Gasteiger partial charge in [0.1, 0.15) is 5.75 Å². The predicted octanol–water partition coefficient (Wildman–Crippen LogP) is 3.08. The highest BCUT2D eigenvalue weighted by atomic mass is 79.9. The number of aromatic nitrogens is 3. The third-order valence-corrected chi connectivity index (χ3v) is 2.87. The number of nitrogens with zero attached hydrogens (tertiary/aromatic N) is 2. The van der Waals surface area contributed by atoms with E-state index >= 15 is 0 Å². The molecule has 2 N–H and O–H groups in total. The van der Waals surface area contributed by atoms with E-state index in [-0.39, 0.29) is 16.1 Å². The third-order valence-electron chi connectivity index (χ3n) is 2.18. The van der Waals surface area contributed by atoms with Crippen molar-refractivity contribution >= 4 is 21.9 Å². The van der Waals surface area contributed by atoms with Crippen molar-refractivity contribution in [2.45, 2.75) is 6.18 Å². The molecule has 20 heavy (non-hydrogen) atoms. The summed E-state index contributed by atoms with van der Waals surface area (Å²) in [5.74, 6) is -1.97. The fourth-order valence-corrected chi connectivity index (χ4v) is 1.80. The monoisotopic (exact) mass is 351 g/mol. The second kappa shape index (κ2) is 5.12. The van der Waals surface area contributed by atoms with Gasteiger partial charge in [0, 0.05) is 4.47 Å². The van der Waals surface area contributed by atoms with E-state index in [1.54, 1.807) is 0 Å². The fourth-order valence-electron chi connectivity index (χ4n) is 1.33. The highest BCUT2D eigenvalue weighted by Gasteiger charge is 2.33. The van der Waals surface area contributed by atoms with Crippen LogP contribution in [-0.4, -0.2) is 26.5 Å². The van der Waals surface area contributed by atoms with Gasteiger partial charge in [-0.05, 0) is 18.2 Å². The van der Waals surface area contributed by atoms with E-state index in [1.165, 1.54) is 6.07 Å². The smallest absolute Gasteiger partial charge is 0.417 e. The lowest BCUT2D eigenvalue weighted by Gasteiger charge is -2.11. The molecule has 0 atom stereocenters. The standard InChI is InChI=1S/C10H5BrF3N3O3/c11-6-2-1-4(3-5(6)10(12,13)14)20-8-7(9(18)19)15-17-16-8/h1-3H,(H,18,19)(H,15,16,17). The summed E-state index contributed by atoms with van der Waals surface area (Å²) in [5.41, 5.74) is -1.47. The zero-order valence-electron chi connectivity index (χ0n) is 9.40. The van der Waals surface area contributed by atoms with Gasteiger partial charge in [-0.2, -0.15) is 13.2 Å². The van der Waals surface area contributed by atoms with E-state index in [2.05, 4.69) is 31.3 Å². The second-order valence-electron chi connectivity index (χ2n) is 3.54. The van der Waals surface area contributed by atoms with Crippen LogP contribution in [0.3, 0.4) is 0 Å². The SMILES string of the molecule is O=C(O)c1nn[nH]c1Oc1ccc(Br)c(C(F)(F)F)c1. The molecule has 0 saturated heterocycles. The van der Waals surface area contributed by atoms with Gasteiger partial charge in [-0.3, -0.25) is 0 Å². The lowest BCUT2D eigenvalue weighted by molar-refractivity contribution is -0.138. The Morgan fingerprint density at radius 1 is 1.40 bits per heavy atom. The molecule has 0 aliphatic heterocycles. The van der Waals surface area contributed by atoms with Crippen LogP contribution in [0, 0.1) is 0 Å². The molecule has 0 bridgehead atoms. The van der Waals surface area contributed by atoms with E-state index in [0.29, 0.717) is 0 Å². The van der Waals surface area contributed by atoms with Crippen molar-refractivity contribution in [3.63, 3.8) is 0 Å². The molecule has 0 aliphatic rings. The predicted molar refractivity (Wildman–Crippen MR) is 62.6 cm³/mol. The Hall–Kier alpha value is -2.10. The molecular weight excluding hydrogens is 347 g/mol. The molecular formula is C10H5BrF3N3O3. The van der Waals surface area contributed by atoms with E-state index < -0.39 is 23.4 Å². The lowest BCUT2D eigenvalue weighted by Crippen LogP contribution is -2.06. The summed E-state index contributed by atoms with van der Waals surface area (Å²) in [6, 6.07) is 3.12. The van der Waals surface area contributed by atoms with Crippen molar-refractivity contribution in [1.29, 1.82) is 0 Å². The highest BCUT2D eigenvalue weighted by molar-refractivity contribution is 9.10. The molecule has 0 unspecified atom stereocenters. The fraction of sp³-hybridized carbons (Fsp3) is 0.100. The van der Waals surface area contributed by atoms with Gasteiger partial charge in [-0.25, -0.2) is 9.89 Å². The molecule has 0 saturated carbocycles. The first-order chi connectivity index (χ1) is 9.29. The van der Waals surface area contributed by atoms with E-state index in [1.807, 2.05) is 0 Å². The normalized spacial score (nSPS) is 11.4. The molecule has 1 aromatic heterocycles. The minimum absolute atomic E-state index is 0.154. The van der Waals surface area contributed by atoms with Crippen LogP contribution in [0.4, 0.5) is 13.2 Å². The summed E-state index contributed by atoms with van der Waals surface area (Å²) in [7, 11) is 0. The zero-order valence-corrected chi connectivity index (χ0v) is 11.0. The average molecular weight is 352 g/mol. The quantitative estimate of drug-likeness (QED) is 0.887. The first kappa shape index (κ1) is 14.3. The van der Waals surface area contributed by atoms with Crippen molar-refractivity contribution in [2.24, 2.45) is 0 Å². The molecule has 1 heterocycles. The molecule has 2 rings (SSSR count). The number of H-pyrrole nitrogens is 1. The van der Waals surface area contributed by atoms with E-state index in [4.69, 9.17) is 9.84 Å². The highest BCUT2D eigenvalue weighted by Crippen LogP contribution is 2.37. The maximum absolute atomic E-state index is 12.7. The number of aromatic amines is 1. The number of nitrogens with one attached hydrogen (secondary N) is 1. The van der Waals surface area contributed by atoms with Crippen LogP contribution in [0.5, 0.6) is 11.6 Å². The molecule has 10 heteroatoms. The lowest BCUT2D eigenvalue weighted by atomic mass is 10.2. The van der Waals surface area contributed by atoms with Crippen LogP contribution >= 0.6 is 15.9 Å². The molecule has 0 fully saturated rings. The summed E-state index contributed by atoms with van der Waals surface area (Å²) in [6.07, 6.45) is -4.57. The molecule has 106 valence electrons. The molecule has 6 nitrogen and oxygen atoms in total. The van der Waals surface area contributed by atoms with Gasteiger partial charge in [0.2, 0.25) is 5.69 Å². The van der Waals surface area contributed by atoms with Crippen molar-refractivity contribution in [3.8, 4) is 11.6 Å². The van der Waals surface area contributed by atoms with Crippen molar-refractivity contribution in [3.05, 3.63) is 33.9 Å². The summed E-state index contributed by atoms with van der Waals surface area (Å²) in [6.45, 7) is 0. The molecule has 0 radical (unpaired) electrons. The number of alkyl halides is 3. The Morgan fingerprint density at radius 3 is 2.70 bits per heavy atom. The maximum atomic E-state index is 12.7. The number of ether oxygens (including phenoxy) is 1. The third kappa shape index (κ3) is 2.90. The summed E-state index contributed by atoms with van der Waals surface area (Å²) in [5, 5.41) is 17.4. The Bertz CT molecular complexity index is 657.